The summed E-state index contributed by atoms with van der Waals surface area (Å²) in [5, 5.41) is 4.75. The van der Waals surface area contributed by atoms with Crippen molar-refractivity contribution < 1.29 is 27.6 Å². The van der Waals surface area contributed by atoms with Gasteiger partial charge in [-0.15, -0.1) is 0 Å². The number of rotatable bonds is 4. The second-order valence-corrected chi connectivity index (χ2v) is 7.41. The summed E-state index contributed by atoms with van der Waals surface area (Å²) in [5.41, 5.74) is -1.14. The number of fused-ring (bicyclic) bond motifs is 1. The molecule has 0 aliphatic carbocycles. The van der Waals surface area contributed by atoms with E-state index in [0.717, 1.165) is 12.1 Å². The van der Waals surface area contributed by atoms with Crippen molar-refractivity contribution >= 4 is 17.8 Å². The lowest BCUT2D eigenvalue weighted by atomic mass is 9.92. The van der Waals surface area contributed by atoms with Gasteiger partial charge in [0.25, 0.3) is 5.91 Å². The van der Waals surface area contributed by atoms with Gasteiger partial charge in [-0.3, -0.25) is 14.9 Å². The molecule has 0 spiro atoms. The number of carbonyl (C=O) groups excluding carboxylic acids is 3. The zero-order valence-electron chi connectivity index (χ0n) is 15.9. The molecule has 2 aliphatic rings. The van der Waals surface area contributed by atoms with Crippen molar-refractivity contribution in [2.75, 3.05) is 0 Å². The summed E-state index contributed by atoms with van der Waals surface area (Å²) in [6.07, 6.45) is -1.48. The average Bonchev–Trinajstić information content (AvgIpc) is 3.35. The molecule has 2 N–H and O–H groups in total. The number of alkyl halides is 3. The SMILES string of the molecule is Cn1ccnc1[C@]1(CCC(=O)N2Cc3ccc(C(F)(F)F)cc3C2)NC(=O)NC1=O. The van der Waals surface area contributed by atoms with E-state index in [0.29, 0.717) is 11.1 Å². The van der Waals surface area contributed by atoms with Crippen LogP contribution in [-0.4, -0.2) is 32.3 Å². The van der Waals surface area contributed by atoms with Gasteiger partial charge in [-0.05, 0) is 29.7 Å². The van der Waals surface area contributed by atoms with Gasteiger partial charge in [0.05, 0.1) is 5.56 Å². The van der Waals surface area contributed by atoms with Crippen molar-refractivity contribution in [2.45, 2.75) is 37.6 Å². The fraction of sp³-hybridized carbons (Fsp3) is 0.368. The molecule has 2 aliphatic heterocycles. The number of urea groups is 1. The molecule has 4 amide bonds. The Morgan fingerprint density at radius 2 is 1.97 bits per heavy atom. The number of nitrogens with zero attached hydrogens (tertiary/aromatic N) is 3. The number of benzene rings is 1. The normalized spacial score (nSPS) is 20.9. The number of nitrogens with one attached hydrogen (secondary N) is 2. The Morgan fingerprint density at radius 3 is 2.57 bits per heavy atom. The first-order valence-corrected chi connectivity index (χ1v) is 9.18. The molecule has 0 radical (unpaired) electrons. The summed E-state index contributed by atoms with van der Waals surface area (Å²) in [4.78, 5) is 42.6. The fourth-order valence-electron chi connectivity index (χ4n) is 3.91. The molecule has 1 saturated heterocycles. The number of hydrogen-bond acceptors (Lipinski definition) is 4. The Kier molecular flexibility index (Phi) is 4.55. The number of aryl methyl sites for hydroxylation is 1. The van der Waals surface area contributed by atoms with Crippen molar-refractivity contribution in [1.29, 1.82) is 0 Å². The molecule has 4 rings (SSSR count). The highest BCUT2D eigenvalue weighted by Crippen LogP contribution is 2.34. The van der Waals surface area contributed by atoms with Gasteiger partial charge < -0.3 is 14.8 Å². The number of imide groups is 1. The third kappa shape index (κ3) is 3.29. The van der Waals surface area contributed by atoms with Crippen molar-refractivity contribution in [3.8, 4) is 0 Å². The molecular formula is C19H18F3N5O3. The van der Waals surface area contributed by atoms with E-state index < -0.39 is 29.2 Å². The van der Waals surface area contributed by atoms with E-state index in [9.17, 15) is 27.6 Å². The van der Waals surface area contributed by atoms with E-state index in [1.165, 1.54) is 17.2 Å². The molecule has 1 aromatic carbocycles. The van der Waals surface area contributed by atoms with E-state index in [4.69, 9.17) is 0 Å². The second kappa shape index (κ2) is 6.85. The maximum Gasteiger partial charge on any atom is 0.416 e. The number of hydrogen-bond donors (Lipinski definition) is 2. The number of aromatic nitrogens is 2. The van der Waals surface area contributed by atoms with Gasteiger partial charge in [0, 0.05) is 39.0 Å². The predicted octanol–water partition coefficient (Wildman–Crippen LogP) is 1.80. The molecule has 1 fully saturated rings. The molecule has 1 atom stereocenters. The molecule has 0 unspecified atom stereocenters. The summed E-state index contributed by atoms with van der Waals surface area (Å²) >= 11 is 0. The molecule has 8 nitrogen and oxygen atoms in total. The predicted molar refractivity (Wildman–Crippen MR) is 96.5 cm³/mol. The monoisotopic (exact) mass is 421 g/mol. The average molecular weight is 421 g/mol. The van der Waals surface area contributed by atoms with Crippen molar-refractivity contribution in [2.24, 2.45) is 7.05 Å². The Morgan fingerprint density at radius 1 is 1.23 bits per heavy atom. The first-order chi connectivity index (χ1) is 14.1. The minimum atomic E-state index is -4.45. The molecule has 11 heteroatoms. The molecule has 0 saturated carbocycles. The summed E-state index contributed by atoms with van der Waals surface area (Å²) in [7, 11) is 1.67. The van der Waals surface area contributed by atoms with E-state index in [-0.39, 0.29) is 37.7 Å². The number of halogens is 3. The van der Waals surface area contributed by atoms with E-state index in [1.54, 1.807) is 17.8 Å². The van der Waals surface area contributed by atoms with Crippen LogP contribution in [0, 0.1) is 0 Å². The van der Waals surface area contributed by atoms with Crippen LogP contribution in [0.3, 0.4) is 0 Å². The minimum Gasteiger partial charge on any atom is -0.336 e. The summed E-state index contributed by atoms with van der Waals surface area (Å²) in [6.45, 7) is 0.256. The van der Waals surface area contributed by atoms with Gasteiger partial charge in [-0.25, -0.2) is 9.78 Å². The smallest absolute Gasteiger partial charge is 0.336 e. The molecular weight excluding hydrogens is 403 g/mol. The highest BCUT2D eigenvalue weighted by molar-refractivity contribution is 6.07. The highest BCUT2D eigenvalue weighted by atomic mass is 19.4. The van der Waals surface area contributed by atoms with Crippen LogP contribution in [0.25, 0.3) is 0 Å². The van der Waals surface area contributed by atoms with E-state index in [2.05, 4.69) is 15.6 Å². The number of imidazole rings is 1. The number of carbonyl (C=O) groups is 3. The molecule has 0 bridgehead atoms. The van der Waals surface area contributed by atoms with Crippen molar-refractivity contribution in [1.82, 2.24) is 25.1 Å². The standard InChI is InChI=1S/C19H18F3N5O3/c1-26-7-6-23-15(26)18(16(29)24-17(30)25-18)5-4-14(28)27-9-11-2-3-13(19(20,21)22)8-12(11)10-27/h2-3,6-8H,4-5,9-10H2,1H3,(H2,24,25,29,30)/t18-/m0/s1. The Bertz CT molecular complexity index is 1050. The molecule has 2 aromatic rings. The lowest BCUT2D eigenvalue weighted by Crippen LogP contribution is -2.46. The first kappa shape index (κ1) is 19.9. The topological polar surface area (TPSA) is 96.3 Å². The fourth-order valence-corrected chi connectivity index (χ4v) is 3.91. The van der Waals surface area contributed by atoms with Crippen LogP contribution in [0.2, 0.25) is 0 Å². The van der Waals surface area contributed by atoms with Gasteiger partial charge in [0.15, 0.2) is 5.54 Å². The van der Waals surface area contributed by atoms with Crippen LogP contribution in [-0.2, 0) is 41.4 Å². The van der Waals surface area contributed by atoms with Crippen LogP contribution in [0.15, 0.2) is 30.6 Å². The molecule has 30 heavy (non-hydrogen) atoms. The van der Waals surface area contributed by atoms with Crippen LogP contribution in [0.1, 0.15) is 35.4 Å². The van der Waals surface area contributed by atoms with Gasteiger partial charge >= 0.3 is 12.2 Å². The molecule has 3 heterocycles. The minimum absolute atomic E-state index is 0.0328. The third-order valence-electron chi connectivity index (χ3n) is 5.47. The lowest BCUT2D eigenvalue weighted by molar-refractivity contribution is -0.137. The Hall–Kier alpha value is -3.37. The summed E-state index contributed by atoms with van der Waals surface area (Å²) in [5.74, 6) is -0.644. The van der Waals surface area contributed by atoms with Gasteiger partial charge in [0.2, 0.25) is 5.91 Å². The zero-order chi connectivity index (χ0) is 21.7. The maximum atomic E-state index is 12.9. The van der Waals surface area contributed by atoms with Crippen molar-refractivity contribution in [3.05, 3.63) is 53.1 Å². The van der Waals surface area contributed by atoms with Gasteiger partial charge in [0.1, 0.15) is 5.82 Å². The van der Waals surface area contributed by atoms with Crippen molar-refractivity contribution in [3.63, 3.8) is 0 Å². The zero-order valence-corrected chi connectivity index (χ0v) is 15.9. The van der Waals surface area contributed by atoms with Crippen LogP contribution >= 0.6 is 0 Å². The summed E-state index contributed by atoms with van der Waals surface area (Å²) in [6, 6.07) is 2.76. The largest absolute Gasteiger partial charge is 0.416 e. The van der Waals surface area contributed by atoms with E-state index in [1.807, 2.05) is 0 Å². The lowest BCUT2D eigenvalue weighted by Gasteiger charge is -2.26. The van der Waals surface area contributed by atoms with E-state index >= 15 is 0 Å². The van der Waals surface area contributed by atoms with Gasteiger partial charge in [-0.1, -0.05) is 6.07 Å². The van der Waals surface area contributed by atoms with Gasteiger partial charge in [-0.2, -0.15) is 13.2 Å². The Balaban J connectivity index is 1.49. The second-order valence-electron chi connectivity index (χ2n) is 7.41. The van der Waals surface area contributed by atoms with Crippen LogP contribution < -0.4 is 10.6 Å². The Labute approximate surface area is 169 Å². The van der Waals surface area contributed by atoms with Crippen LogP contribution in [0.5, 0.6) is 0 Å². The maximum absolute atomic E-state index is 12.9. The molecule has 158 valence electrons. The third-order valence-corrected chi connectivity index (χ3v) is 5.47. The number of amides is 4. The highest BCUT2D eigenvalue weighted by Gasteiger charge is 2.50. The summed E-state index contributed by atoms with van der Waals surface area (Å²) < 4.78 is 40.4. The van der Waals surface area contributed by atoms with Crippen LogP contribution in [0.4, 0.5) is 18.0 Å². The quantitative estimate of drug-likeness (QED) is 0.736. The first-order valence-electron chi connectivity index (χ1n) is 9.18. The molecule has 1 aromatic heterocycles.